The van der Waals surface area contributed by atoms with Crippen molar-refractivity contribution in [3.63, 3.8) is 0 Å². The van der Waals surface area contributed by atoms with E-state index < -0.39 is 0 Å². The summed E-state index contributed by atoms with van der Waals surface area (Å²) in [6.45, 7) is 4.01. The van der Waals surface area contributed by atoms with Crippen LogP contribution in [0.15, 0.2) is 28.0 Å². The van der Waals surface area contributed by atoms with Gasteiger partial charge in [-0.25, -0.2) is 4.98 Å². The summed E-state index contributed by atoms with van der Waals surface area (Å²) in [4.78, 5) is 8.81. The second-order valence-electron chi connectivity index (χ2n) is 4.44. The fraction of sp³-hybridized carbons (Fsp3) is 0.231. The predicted octanol–water partition coefficient (Wildman–Crippen LogP) is 3.35. The topological polar surface area (TPSA) is 77.0 Å². The standard InChI is InChI=1S/C13H14N4OS/c1-7-6-19-12(15-7)8(2)16-13-17-10-5-9(14)3-4-11(10)18-13/h3-6,8H,14H2,1-2H3,(H,16,17). The minimum atomic E-state index is 0.0594. The molecule has 0 radical (unpaired) electrons. The summed E-state index contributed by atoms with van der Waals surface area (Å²) in [7, 11) is 0. The lowest BCUT2D eigenvalue weighted by molar-refractivity contribution is 0.603. The Hall–Kier alpha value is -2.08. The van der Waals surface area contributed by atoms with Gasteiger partial charge in [0.05, 0.1) is 6.04 Å². The van der Waals surface area contributed by atoms with E-state index in [-0.39, 0.29) is 6.04 Å². The van der Waals surface area contributed by atoms with Crippen molar-refractivity contribution in [2.45, 2.75) is 19.9 Å². The number of aromatic nitrogens is 2. The molecule has 1 aromatic carbocycles. The lowest BCUT2D eigenvalue weighted by Gasteiger charge is -2.07. The van der Waals surface area contributed by atoms with Crippen molar-refractivity contribution in [3.05, 3.63) is 34.3 Å². The number of thiazole rings is 1. The van der Waals surface area contributed by atoms with E-state index in [1.807, 2.05) is 25.3 Å². The molecule has 0 saturated carbocycles. The monoisotopic (exact) mass is 274 g/mol. The van der Waals surface area contributed by atoms with Crippen molar-refractivity contribution in [3.8, 4) is 0 Å². The summed E-state index contributed by atoms with van der Waals surface area (Å²) < 4.78 is 5.62. The highest BCUT2D eigenvalue weighted by atomic mass is 32.1. The van der Waals surface area contributed by atoms with E-state index in [0.29, 0.717) is 11.7 Å². The fourth-order valence-corrected chi connectivity index (χ4v) is 2.63. The quantitative estimate of drug-likeness (QED) is 0.716. The summed E-state index contributed by atoms with van der Waals surface area (Å²) in [6.07, 6.45) is 0. The van der Waals surface area contributed by atoms with Crippen LogP contribution < -0.4 is 11.1 Å². The Labute approximate surface area is 114 Å². The van der Waals surface area contributed by atoms with Gasteiger partial charge < -0.3 is 15.5 Å². The highest BCUT2D eigenvalue weighted by Gasteiger charge is 2.13. The van der Waals surface area contributed by atoms with Gasteiger partial charge in [-0.2, -0.15) is 4.98 Å². The highest BCUT2D eigenvalue weighted by molar-refractivity contribution is 7.09. The zero-order chi connectivity index (χ0) is 13.4. The molecule has 0 aliphatic rings. The average molecular weight is 274 g/mol. The number of anilines is 2. The van der Waals surface area contributed by atoms with Gasteiger partial charge in [-0.1, -0.05) is 0 Å². The van der Waals surface area contributed by atoms with Crippen LogP contribution in [0.2, 0.25) is 0 Å². The van der Waals surface area contributed by atoms with E-state index in [1.165, 1.54) is 0 Å². The van der Waals surface area contributed by atoms with E-state index in [0.717, 1.165) is 21.8 Å². The Morgan fingerprint density at radius 2 is 2.21 bits per heavy atom. The van der Waals surface area contributed by atoms with Gasteiger partial charge in [-0.3, -0.25) is 0 Å². The van der Waals surface area contributed by atoms with Crippen LogP contribution in [-0.4, -0.2) is 9.97 Å². The molecule has 5 nitrogen and oxygen atoms in total. The van der Waals surface area contributed by atoms with Crippen LogP contribution in [0.25, 0.3) is 11.1 Å². The van der Waals surface area contributed by atoms with Crippen molar-refractivity contribution in [2.24, 2.45) is 0 Å². The predicted molar refractivity (Wildman–Crippen MR) is 77.3 cm³/mol. The zero-order valence-corrected chi connectivity index (χ0v) is 11.5. The van der Waals surface area contributed by atoms with Crippen LogP contribution in [0, 0.1) is 6.92 Å². The van der Waals surface area contributed by atoms with Gasteiger partial charge in [0.1, 0.15) is 10.5 Å². The molecular weight excluding hydrogens is 260 g/mol. The third-order valence-corrected chi connectivity index (χ3v) is 3.90. The normalized spacial score (nSPS) is 12.7. The Morgan fingerprint density at radius 1 is 1.37 bits per heavy atom. The number of oxazole rings is 1. The molecule has 2 aromatic heterocycles. The molecule has 98 valence electrons. The maximum atomic E-state index is 5.72. The summed E-state index contributed by atoms with van der Waals surface area (Å²) >= 11 is 1.62. The maximum absolute atomic E-state index is 5.72. The van der Waals surface area contributed by atoms with Gasteiger partial charge in [0.15, 0.2) is 5.58 Å². The zero-order valence-electron chi connectivity index (χ0n) is 10.7. The van der Waals surface area contributed by atoms with Crippen LogP contribution in [0.5, 0.6) is 0 Å². The molecule has 0 aliphatic carbocycles. The molecular formula is C13H14N4OS. The number of rotatable bonds is 3. The van der Waals surface area contributed by atoms with Crippen molar-refractivity contribution in [1.82, 2.24) is 9.97 Å². The third-order valence-electron chi connectivity index (χ3n) is 2.76. The van der Waals surface area contributed by atoms with Gasteiger partial charge in [-0.05, 0) is 32.0 Å². The lowest BCUT2D eigenvalue weighted by Crippen LogP contribution is -2.06. The Bertz CT molecular complexity index is 718. The molecule has 2 heterocycles. The first kappa shape index (κ1) is 12.0. The molecule has 0 spiro atoms. The Kier molecular flexibility index (Phi) is 2.87. The number of aryl methyl sites for hydroxylation is 1. The number of nitrogens with two attached hydrogens (primary N) is 1. The number of fused-ring (bicyclic) bond motifs is 1. The number of benzene rings is 1. The minimum absolute atomic E-state index is 0.0594. The number of nitrogen functional groups attached to an aromatic ring is 1. The van der Waals surface area contributed by atoms with Crippen LogP contribution in [-0.2, 0) is 0 Å². The third kappa shape index (κ3) is 2.39. The number of hydrogen-bond acceptors (Lipinski definition) is 6. The second kappa shape index (κ2) is 4.55. The van der Waals surface area contributed by atoms with Gasteiger partial charge in [0.25, 0.3) is 6.01 Å². The fourth-order valence-electron chi connectivity index (χ4n) is 1.82. The number of nitrogens with zero attached hydrogens (tertiary/aromatic N) is 2. The largest absolute Gasteiger partial charge is 0.424 e. The van der Waals surface area contributed by atoms with Crippen molar-refractivity contribution < 1.29 is 4.42 Å². The molecule has 0 saturated heterocycles. The molecule has 19 heavy (non-hydrogen) atoms. The van der Waals surface area contributed by atoms with E-state index in [9.17, 15) is 0 Å². The van der Waals surface area contributed by atoms with Gasteiger partial charge >= 0.3 is 0 Å². The SMILES string of the molecule is Cc1csc(C(C)Nc2nc3cc(N)ccc3o2)n1. The molecule has 0 amide bonds. The Balaban J connectivity index is 1.85. The summed E-state index contributed by atoms with van der Waals surface area (Å²) in [5.41, 5.74) is 8.90. The van der Waals surface area contributed by atoms with Crippen molar-refractivity contribution >= 4 is 34.1 Å². The van der Waals surface area contributed by atoms with Crippen LogP contribution in [0.1, 0.15) is 23.7 Å². The van der Waals surface area contributed by atoms with Crippen molar-refractivity contribution in [2.75, 3.05) is 11.1 Å². The molecule has 0 aliphatic heterocycles. The van der Waals surface area contributed by atoms with E-state index in [1.54, 1.807) is 23.5 Å². The molecule has 3 aromatic rings. The summed E-state index contributed by atoms with van der Waals surface area (Å²) in [5.74, 6) is 0. The summed E-state index contributed by atoms with van der Waals surface area (Å²) in [6, 6.07) is 5.96. The minimum Gasteiger partial charge on any atom is -0.424 e. The second-order valence-corrected chi connectivity index (χ2v) is 5.33. The molecule has 3 rings (SSSR count). The number of hydrogen-bond donors (Lipinski definition) is 2. The van der Waals surface area contributed by atoms with Gasteiger partial charge in [0, 0.05) is 16.8 Å². The van der Waals surface area contributed by atoms with Crippen LogP contribution in [0.4, 0.5) is 11.7 Å². The molecule has 3 N–H and O–H groups in total. The molecule has 0 bridgehead atoms. The van der Waals surface area contributed by atoms with E-state index in [2.05, 4.69) is 15.3 Å². The molecule has 1 atom stereocenters. The molecule has 0 fully saturated rings. The highest BCUT2D eigenvalue weighted by Crippen LogP contribution is 2.25. The lowest BCUT2D eigenvalue weighted by atomic mass is 10.3. The maximum Gasteiger partial charge on any atom is 0.296 e. The number of nitrogens with one attached hydrogen (secondary N) is 1. The van der Waals surface area contributed by atoms with E-state index >= 15 is 0 Å². The Morgan fingerprint density at radius 3 is 2.95 bits per heavy atom. The molecule has 6 heteroatoms. The molecule has 1 unspecified atom stereocenters. The average Bonchev–Trinajstić information content (AvgIpc) is 2.94. The first-order valence-corrected chi connectivity index (χ1v) is 6.84. The smallest absolute Gasteiger partial charge is 0.296 e. The van der Waals surface area contributed by atoms with Crippen molar-refractivity contribution in [1.29, 1.82) is 0 Å². The van der Waals surface area contributed by atoms with Crippen LogP contribution in [0.3, 0.4) is 0 Å². The van der Waals surface area contributed by atoms with E-state index in [4.69, 9.17) is 10.2 Å². The van der Waals surface area contributed by atoms with Gasteiger partial charge in [-0.15, -0.1) is 11.3 Å². The first-order valence-electron chi connectivity index (χ1n) is 5.96. The van der Waals surface area contributed by atoms with Crippen LogP contribution >= 0.6 is 11.3 Å². The summed E-state index contributed by atoms with van der Waals surface area (Å²) in [5, 5.41) is 6.25. The first-order chi connectivity index (χ1) is 9.11. The van der Waals surface area contributed by atoms with Gasteiger partial charge in [0.2, 0.25) is 0 Å².